The quantitative estimate of drug-likeness (QED) is 0.787. The average molecular weight is 387 g/mol. The van der Waals surface area contributed by atoms with E-state index in [0.29, 0.717) is 18.7 Å². The van der Waals surface area contributed by atoms with Crippen LogP contribution in [0.1, 0.15) is 64.4 Å². The van der Waals surface area contributed by atoms with Gasteiger partial charge in [-0.15, -0.1) is 0 Å². The Kier molecular flexibility index (Phi) is 4.92. The second kappa shape index (κ2) is 6.60. The van der Waals surface area contributed by atoms with Gasteiger partial charge < -0.3 is 19.3 Å². The van der Waals surface area contributed by atoms with E-state index in [4.69, 9.17) is 9.31 Å². The molecule has 1 amide bonds. The third-order valence-corrected chi connectivity index (χ3v) is 6.68. The number of hydrogen-bond acceptors (Lipinski definition) is 4. The van der Waals surface area contributed by atoms with Gasteiger partial charge in [-0.1, -0.05) is 32.9 Å². The summed E-state index contributed by atoms with van der Waals surface area (Å²) in [4.78, 5) is 26.1. The molecule has 2 aliphatic heterocycles. The minimum Gasteiger partial charge on any atom is -0.481 e. The van der Waals surface area contributed by atoms with Crippen molar-refractivity contribution >= 4 is 24.5 Å². The standard InChI is InChI=1S/C21H30BNO5/c1-13(18(25)26)19(2,3)12-23-11-14-8-9-15(10-16(14)17(23)24)22-27-20(4,5)21(6,7)28-22/h8-10,13H,11-12H2,1-7H3,(H,25,26)/t13-/m0/s1. The molecule has 0 bridgehead atoms. The normalized spacial score (nSPS) is 21.8. The zero-order chi connectivity index (χ0) is 21.1. The first-order valence-electron chi connectivity index (χ1n) is 9.76. The van der Waals surface area contributed by atoms with Gasteiger partial charge in [-0.25, -0.2) is 0 Å². The molecule has 1 N–H and O–H groups in total. The molecule has 0 radical (unpaired) electrons. The maximum atomic E-state index is 13.0. The van der Waals surface area contributed by atoms with Crippen molar-refractivity contribution in [2.75, 3.05) is 6.54 Å². The summed E-state index contributed by atoms with van der Waals surface area (Å²) in [7, 11) is -0.513. The smallest absolute Gasteiger partial charge is 0.481 e. The van der Waals surface area contributed by atoms with Gasteiger partial charge in [-0.3, -0.25) is 9.59 Å². The number of carboxylic acid groups (broad SMARTS) is 1. The number of carboxylic acids is 1. The zero-order valence-corrected chi connectivity index (χ0v) is 17.8. The first kappa shape index (κ1) is 20.9. The number of hydrogen-bond donors (Lipinski definition) is 1. The number of amides is 1. The molecule has 1 atom stereocenters. The molecule has 0 saturated carbocycles. The lowest BCUT2D eigenvalue weighted by molar-refractivity contribution is -0.145. The summed E-state index contributed by atoms with van der Waals surface area (Å²) < 4.78 is 12.2. The molecule has 2 aliphatic rings. The molecular formula is C21H30BNO5. The highest BCUT2D eigenvalue weighted by atomic mass is 16.7. The van der Waals surface area contributed by atoms with Crippen LogP contribution >= 0.6 is 0 Å². The summed E-state index contributed by atoms with van der Waals surface area (Å²) in [5.41, 5.74) is 1.01. The van der Waals surface area contributed by atoms with Crippen LogP contribution in [0, 0.1) is 11.3 Å². The molecule has 0 unspecified atom stereocenters. The fourth-order valence-electron chi connectivity index (χ4n) is 3.60. The highest BCUT2D eigenvalue weighted by Crippen LogP contribution is 2.37. The van der Waals surface area contributed by atoms with Crippen LogP contribution in [0.3, 0.4) is 0 Å². The molecule has 0 spiro atoms. The number of carbonyl (C=O) groups is 2. The SMILES string of the molecule is C[C@@H](C(=O)O)C(C)(C)CN1Cc2ccc(B3OC(C)(C)C(C)(C)O3)cc2C1=O. The van der Waals surface area contributed by atoms with Crippen molar-refractivity contribution < 1.29 is 24.0 Å². The number of nitrogens with zero attached hydrogens (tertiary/aromatic N) is 1. The molecule has 152 valence electrons. The number of rotatable bonds is 5. The third kappa shape index (κ3) is 3.46. The Bertz CT molecular complexity index is 801. The Hall–Kier alpha value is -1.86. The van der Waals surface area contributed by atoms with Gasteiger partial charge >= 0.3 is 13.1 Å². The third-order valence-electron chi connectivity index (χ3n) is 6.68. The Balaban J connectivity index is 1.80. The summed E-state index contributed by atoms with van der Waals surface area (Å²) in [5.74, 6) is -1.47. The maximum absolute atomic E-state index is 13.0. The molecule has 3 rings (SSSR count). The van der Waals surface area contributed by atoms with E-state index >= 15 is 0 Å². The summed E-state index contributed by atoms with van der Waals surface area (Å²) in [6.45, 7) is 14.3. The Morgan fingerprint density at radius 1 is 1.25 bits per heavy atom. The van der Waals surface area contributed by atoms with Crippen molar-refractivity contribution in [1.82, 2.24) is 4.90 Å². The molecule has 28 heavy (non-hydrogen) atoms. The van der Waals surface area contributed by atoms with E-state index in [-0.39, 0.29) is 5.91 Å². The van der Waals surface area contributed by atoms with E-state index < -0.39 is 35.6 Å². The number of fused-ring (bicyclic) bond motifs is 1. The van der Waals surface area contributed by atoms with Gasteiger partial charge in [0.2, 0.25) is 0 Å². The Labute approximate surface area is 167 Å². The molecule has 0 aliphatic carbocycles. The lowest BCUT2D eigenvalue weighted by Gasteiger charge is -2.33. The Morgan fingerprint density at radius 2 is 1.82 bits per heavy atom. The van der Waals surface area contributed by atoms with Gasteiger partial charge in [0.05, 0.1) is 17.1 Å². The van der Waals surface area contributed by atoms with Crippen LogP contribution in [-0.4, -0.2) is 46.7 Å². The predicted octanol–water partition coefficient (Wildman–Crippen LogP) is 2.69. The largest absolute Gasteiger partial charge is 0.494 e. The molecular weight excluding hydrogens is 357 g/mol. The maximum Gasteiger partial charge on any atom is 0.494 e. The van der Waals surface area contributed by atoms with E-state index in [9.17, 15) is 14.7 Å². The minimum atomic E-state index is -0.850. The monoisotopic (exact) mass is 387 g/mol. The molecule has 1 fully saturated rings. The van der Waals surface area contributed by atoms with E-state index in [1.807, 2.05) is 59.7 Å². The van der Waals surface area contributed by atoms with Gasteiger partial charge in [-0.05, 0) is 50.2 Å². The second-order valence-electron chi connectivity index (χ2n) is 9.71. The highest BCUT2D eigenvalue weighted by molar-refractivity contribution is 6.62. The van der Waals surface area contributed by atoms with Crippen LogP contribution in [-0.2, 0) is 20.6 Å². The molecule has 2 heterocycles. The van der Waals surface area contributed by atoms with Gasteiger partial charge in [0, 0.05) is 18.7 Å². The average Bonchev–Trinajstić information content (AvgIpc) is 2.99. The number of carbonyl (C=O) groups excluding carboxylic acids is 1. The molecule has 1 aromatic rings. The fourth-order valence-corrected chi connectivity index (χ4v) is 3.60. The molecule has 6 nitrogen and oxygen atoms in total. The lowest BCUT2D eigenvalue weighted by Crippen LogP contribution is -2.41. The van der Waals surface area contributed by atoms with E-state index in [1.54, 1.807) is 11.8 Å². The number of benzene rings is 1. The zero-order valence-electron chi connectivity index (χ0n) is 17.8. The summed E-state index contributed by atoms with van der Waals surface area (Å²) in [6, 6.07) is 5.75. The van der Waals surface area contributed by atoms with Crippen LogP contribution in [0.25, 0.3) is 0 Å². The van der Waals surface area contributed by atoms with Crippen LogP contribution < -0.4 is 5.46 Å². The molecule has 1 aromatic carbocycles. The van der Waals surface area contributed by atoms with Crippen LogP contribution in [0.2, 0.25) is 0 Å². The van der Waals surface area contributed by atoms with Crippen LogP contribution in [0.15, 0.2) is 18.2 Å². The van der Waals surface area contributed by atoms with E-state index in [2.05, 4.69) is 0 Å². The lowest BCUT2D eigenvalue weighted by atomic mass is 9.78. The van der Waals surface area contributed by atoms with Gasteiger partial charge in [0.15, 0.2) is 0 Å². The number of aliphatic carboxylic acids is 1. The van der Waals surface area contributed by atoms with Crippen molar-refractivity contribution in [2.45, 2.75) is 66.2 Å². The van der Waals surface area contributed by atoms with Gasteiger partial charge in [0.1, 0.15) is 0 Å². The molecule has 1 saturated heterocycles. The summed E-state index contributed by atoms with van der Waals surface area (Å²) >= 11 is 0. The summed E-state index contributed by atoms with van der Waals surface area (Å²) in [6.07, 6.45) is 0. The van der Waals surface area contributed by atoms with Crippen molar-refractivity contribution in [3.05, 3.63) is 29.3 Å². The van der Waals surface area contributed by atoms with Crippen LogP contribution in [0.4, 0.5) is 0 Å². The Morgan fingerprint density at radius 3 is 2.36 bits per heavy atom. The van der Waals surface area contributed by atoms with E-state index in [0.717, 1.165) is 11.0 Å². The van der Waals surface area contributed by atoms with Crippen molar-refractivity contribution in [2.24, 2.45) is 11.3 Å². The first-order chi connectivity index (χ1) is 12.7. The predicted molar refractivity (Wildman–Crippen MR) is 107 cm³/mol. The van der Waals surface area contributed by atoms with Crippen molar-refractivity contribution in [3.8, 4) is 0 Å². The van der Waals surface area contributed by atoms with Crippen LogP contribution in [0.5, 0.6) is 0 Å². The second-order valence-corrected chi connectivity index (χ2v) is 9.71. The molecule has 7 heteroatoms. The minimum absolute atomic E-state index is 0.0703. The first-order valence-corrected chi connectivity index (χ1v) is 9.76. The van der Waals surface area contributed by atoms with E-state index in [1.165, 1.54) is 0 Å². The van der Waals surface area contributed by atoms with Gasteiger partial charge in [-0.2, -0.15) is 0 Å². The van der Waals surface area contributed by atoms with Crippen molar-refractivity contribution in [3.63, 3.8) is 0 Å². The van der Waals surface area contributed by atoms with Crippen molar-refractivity contribution in [1.29, 1.82) is 0 Å². The molecule has 0 aromatic heterocycles. The topological polar surface area (TPSA) is 76.1 Å². The fraction of sp³-hybridized carbons (Fsp3) is 0.619. The highest BCUT2D eigenvalue weighted by Gasteiger charge is 2.52. The summed E-state index contributed by atoms with van der Waals surface area (Å²) in [5, 5.41) is 9.34. The van der Waals surface area contributed by atoms with Gasteiger partial charge in [0.25, 0.3) is 5.91 Å².